The van der Waals surface area contributed by atoms with Crippen molar-refractivity contribution in [3.8, 4) is 5.82 Å². The van der Waals surface area contributed by atoms with Crippen molar-refractivity contribution in [3.05, 3.63) is 76.8 Å². The minimum Gasteiger partial charge on any atom is -0.360 e. The van der Waals surface area contributed by atoms with Gasteiger partial charge in [0.25, 0.3) is 0 Å². The highest BCUT2D eigenvalue weighted by Gasteiger charge is 2.15. The van der Waals surface area contributed by atoms with E-state index in [4.69, 9.17) is 4.52 Å². The summed E-state index contributed by atoms with van der Waals surface area (Å²) in [5.74, 6) is 1.39. The minimum absolute atomic E-state index is 0.0751. The molecule has 1 N–H and O–H groups in total. The molecule has 6 nitrogen and oxygen atoms in total. The second-order valence-corrected chi connectivity index (χ2v) is 7.53. The van der Waals surface area contributed by atoms with Gasteiger partial charge in [-0.3, -0.25) is 9.36 Å². The van der Waals surface area contributed by atoms with Crippen molar-refractivity contribution in [1.29, 1.82) is 0 Å². The van der Waals surface area contributed by atoms with Gasteiger partial charge in [0.05, 0.1) is 6.04 Å². The van der Waals surface area contributed by atoms with Gasteiger partial charge in [-0.05, 0) is 58.1 Å². The van der Waals surface area contributed by atoms with E-state index >= 15 is 0 Å². The van der Waals surface area contributed by atoms with Gasteiger partial charge in [0.15, 0.2) is 5.82 Å². The molecule has 0 aliphatic heterocycles. The third-order valence-electron chi connectivity index (χ3n) is 4.80. The molecule has 3 rings (SSSR count). The van der Waals surface area contributed by atoms with Crippen LogP contribution in [0, 0.1) is 20.8 Å². The Morgan fingerprint density at radius 3 is 2.55 bits per heavy atom. The normalized spacial score (nSPS) is 12.6. The number of carbonyl (C=O) groups excluding carboxylic acids is 1. The Hall–Kier alpha value is -3.12. The average Bonchev–Trinajstić information content (AvgIpc) is 3.22. The van der Waals surface area contributed by atoms with E-state index in [1.54, 1.807) is 6.08 Å². The summed E-state index contributed by atoms with van der Waals surface area (Å²) < 4.78 is 7.22. The van der Waals surface area contributed by atoms with Gasteiger partial charge in [0.2, 0.25) is 5.91 Å². The van der Waals surface area contributed by atoms with Crippen LogP contribution in [0.4, 0.5) is 0 Å². The van der Waals surface area contributed by atoms with Gasteiger partial charge >= 0.3 is 0 Å². The monoisotopic (exact) mass is 392 g/mol. The number of aromatic nitrogens is 2. The largest absolute Gasteiger partial charge is 0.360 e. The Morgan fingerprint density at radius 1 is 1.21 bits per heavy atom. The van der Waals surface area contributed by atoms with Crippen LogP contribution in [0.5, 0.6) is 0 Å². The van der Waals surface area contributed by atoms with Crippen molar-refractivity contribution in [2.45, 2.75) is 26.8 Å². The number of nitrogens with one attached hydrogen (secondary N) is 1. The van der Waals surface area contributed by atoms with Crippen molar-refractivity contribution >= 4 is 12.0 Å². The van der Waals surface area contributed by atoms with E-state index in [0.717, 1.165) is 40.6 Å². The molecule has 1 unspecified atom stereocenters. The first-order valence-electron chi connectivity index (χ1n) is 9.66. The van der Waals surface area contributed by atoms with Crippen molar-refractivity contribution in [2.24, 2.45) is 0 Å². The Morgan fingerprint density at radius 2 is 1.93 bits per heavy atom. The van der Waals surface area contributed by atoms with Crippen LogP contribution >= 0.6 is 0 Å². The first-order valence-corrected chi connectivity index (χ1v) is 9.66. The highest BCUT2D eigenvalue weighted by atomic mass is 16.5. The molecule has 1 amide bonds. The first-order chi connectivity index (χ1) is 13.8. The molecule has 0 aliphatic carbocycles. The zero-order valence-corrected chi connectivity index (χ0v) is 17.6. The lowest BCUT2D eigenvalue weighted by Crippen LogP contribution is -2.34. The van der Waals surface area contributed by atoms with Crippen molar-refractivity contribution in [3.63, 3.8) is 0 Å². The van der Waals surface area contributed by atoms with E-state index in [2.05, 4.69) is 15.4 Å². The maximum absolute atomic E-state index is 12.6. The minimum atomic E-state index is -0.122. The molecular formula is C23H28N4O2. The lowest BCUT2D eigenvalue weighted by atomic mass is 10.1. The molecule has 0 saturated heterocycles. The third kappa shape index (κ3) is 5.03. The summed E-state index contributed by atoms with van der Waals surface area (Å²) in [6.45, 7) is 6.61. The van der Waals surface area contributed by atoms with Gasteiger partial charge in [-0.15, -0.1) is 0 Å². The lowest BCUT2D eigenvalue weighted by Gasteiger charge is -2.22. The lowest BCUT2D eigenvalue weighted by molar-refractivity contribution is -0.117. The number of benzene rings is 1. The number of hydrogen-bond donors (Lipinski definition) is 1. The Labute approximate surface area is 171 Å². The Kier molecular flexibility index (Phi) is 6.34. The fraction of sp³-hybridized carbons (Fsp3) is 0.304. The molecule has 1 atom stereocenters. The molecule has 29 heavy (non-hydrogen) atoms. The smallest absolute Gasteiger partial charge is 0.244 e. The molecule has 2 heterocycles. The molecule has 1 aromatic carbocycles. The molecule has 0 spiro atoms. The predicted molar refractivity (Wildman–Crippen MR) is 115 cm³/mol. The summed E-state index contributed by atoms with van der Waals surface area (Å²) in [6, 6.07) is 13.9. The third-order valence-corrected chi connectivity index (χ3v) is 4.80. The summed E-state index contributed by atoms with van der Waals surface area (Å²) in [7, 11) is 4.00. The van der Waals surface area contributed by atoms with E-state index in [0.29, 0.717) is 0 Å². The maximum atomic E-state index is 12.6. The van der Waals surface area contributed by atoms with Gasteiger partial charge in [-0.2, -0.15) is 0 Å². The molecule has 152 valence electrons. The van der Waals surface area contributed by atoms with Gasteiger partial charge in [0.1, 0.15) is 5.76 Å². The Bertz CT molecular complexity index is 999. The molecule has 0 bridgehead atoms. The van der Waals surface area contributed by atoms with Crippen LogP contribution in [0.3, 0.4) is 0 Å². The summed E-state index contributed by atoms with van der Waals surface area (Å²) in [4.78, 5) is 14.7. The van der Waals surface area contributed by atoms with E-state index in [-0.39, 0.29) is 11.9 Å². The standard InChI is InChI=1S/C23H28N4O2/c1-16-13-20(18(3)27(16)22-14-17(2)29-25-22)11-12-23(28)24-21(15-26(4)5)19-9-7-6-8-10-19/h6-14,21H,15H2,1-5H3,(H,24,28)/b12-11+. The average molecular weight is 393 g/mol. The molecule has 3 aromatic rings. The highest BCUT2D eigenvalue weighted by molar-refractivity contribution is 5.92. The topological polar surface area (TPSA) is 63.3 Å². The number of likely N-dealkylation sites (N-methyl/N-ethyl adjacent to an activating group) is 1. The van der Waals surface area contributed by atoms with Crippen LogP contribution in [-0.4, -0.2) is 41.2 Å². The molecule has 2 aromatic heterocycles. The fourth-order valence-corrected chi connectivity index (χ4v) is 3.44. The van der Waals surface area contributed by atoms with Gasteiger partial charge in [0, 0.05) is 30.1 Å². The van der Waals surface area contributed by atoms with E-state index in [9.17, 15) is 4.79 Å². The van der Waals surface area contributed by atoms with Crippen LogP contribution in [0.15, 0.2) is 53.1 Å². The number of amides is 1. The number of nitrogens with zero attached hydrogens (tertiary/aromatic N) is 3. The van der Waals surface area contributed by atoms with Crippen molar-refractivity contribution < 1.29 is 9.32 Å². The molecule has 0 saturated carbocycles. The molecule has 0 radical (unpaired) electrons. The van der Waals surface area contributed by atoms with E-state index in [1.165, 1.54) is 0 Å². The first kappa shape index (κ1) is 20.6. The zero-order valence-electron chi connectivity index (χ0n) is 17.6. The van der Waals surface area contributed by atoms with Gasteiger partial charge in [-0.1, -0.05) is 35.5 Å². The summed E-state index contributed by atoms with van der Waals surface area (Å²) >= 11 is 0. The molecular weight excluding hydrogens is 364 g/mol. The number of hydrogen-bond acceptors (Lipinski definition) is 4. The van der Waals surface area contributed by atoms with E-state index < -0.39 is 0 Å². The van der Waals surface area contributed by atoms with Gasteiger partial charge in [-0.25, -0.2) is 0 Å². The second kappa shape index (κ2) is 8.92. The SMILES string of the molecule is Cc1cc(-n2c(C)cc(/C=C/C(=O)NC(CN(C)C)c3ccccc3)c2C)no1. The molecule has 6 heteroatoms. The molecule has 0 fully saturated rings. The number of aryl methyl sites for hydroxylation is 2. The quantitative estimate of drug-likeness (QED) is 0.621. The second-order valence-electron chi connectivity index (χ2n) is 7.53. The van der Waals surface area contributed by atoms with E-state index in [1.807, 2.05) is 88.0 Å². The van der Waals surface area contributed by atoms with Crippen LogP contribution in [0.25, 0.3) is 11.9 Å². The van der Waals surface area contributed by atoms with Crippen LogP contribution < -0.4 is 5.32 Å². The Balaban J connectivity index is 1.76. The zero-order chi connectivity index (χ0) is 21.0. The summed E-state index contributed by atoms with van der Waals surface area (Å²) in [5.41, 5.74) is 4.10. The fourth-order valence-electron chi connectivity index (χ4n) is 3.44. The highest BCUT2D eigenvalue weighted by Crippen LogP contribution is 2.22. The van der Waals surface area contributed by atoms with Crippen LogP contribution in [0.1, 0.15) is 34.3 Å². The summed E-state index contributed by atoms with van der Waals surface area (Å²) in [5, 5.41) is 7.21. The van der Waals surface area contributed by atoms with Crippen molar-refractivity contribution in [2.75, 3.05) is 20.6 Å². The van der Waals surface area contributed by atoms with Crippen LogP contribution in [0.2, 0.25) is 0 Å². The summed E-state index contributed by atoms with van der Waals surface area (Å²) in [6.07, 6.45) is 3.44. The molecule has 0 aliphatic rings. The van der Waals surface area contributed by atoms with Crippen molar-refractivity contribution in [1.82, 2.24) is 19.9 Å². The van der Waals surface area contributed by atoms with Gasteiger partial charge < -0.3 is 14.7 Å². The van der Waals surface area contributed by atoms with Crippen LogP contribution in [-0.2, 0) is 4.79 Å². The predicted octanol–water partition coefficient (Wildman–Crippen LogP) is 3.82. The number of carbonyl (C=O) groups is 1. The number of rotatable bonds is 7. The maximum Gasteiger partial charge on any atom is 0.244 e.